The van der Waals surface area contributed by atoms with Crippen molar-refractivity contribution in [2.75, 3.05) is 18.8 Å². The summed E-state index contributed by atoms with van der Waals surface area (Å²) in [5.41, 5.74) is 7.91. The number of nitrogens with one attached hydrogen (secondary N) is 1. The molecule has 1 aromatic carbocycles. The molecular weight excluding hydrogens is 304 g/mol. The predicted molar refractivity (Wildman–Crippen MR) is 93.1 cm³/mol. The van der Waals surface area contributed by atoms with Crippen LogP contribution >= 0.6 is 0 Å². The number of nitrogens with two attached hydrogens (primary N) is 1. The van der Waals surface area contributed by atoms with Crippen molar-refractivity contribution in [3.63, 3.8) is 0 Å². The Balaban J connectivity index is 1.72. The number of amides is 1. The molecule has 0 spiro atoms. The van der Waals surface area contributed by atoms with Crippen molar-refractivity contribution in [1.82, 2.24) is 14.9 Å². The number of nitrogens with zero attached hydrogens (tertiary/aromatic N) is 2. The van der Waals surface area contributed by atoms with Crippen LogP contribution in [0.5, 0.6) is 0 Å². The maximum Gasteiger partial charge on any atom is 0.253 e. The van der Waals surface area contributed by atoms with Crippen LogP contribution in [-0.4, -0.2) is 33.9 Å². The zero-order valence-corrected chi connectivity index (χ0v) is 14.0. The highest BCUT2D eigenvalue weighted by Crippen LogP contribution is 2.27. The number of likely N-dealkylation sites (tertiary alicyclic amines) is 1. The first kappa shape index (κ1) is 16.2. The van der Waals surface area contributed by atoms with Gasteiger partial charge in [0.1, 0.15) is 0 Å². The molecule has 1 amide bonds. The molecule has 1 atom stereocenters. The van der Waals surface area contributed by atoms with Gasteiger partial charge in [-0.3, -0.25) is 14.6 Å². The van der Waals surface area contributed by atoms with Crippen LogP contribution in [-0.2, 0) is 0 Å². The first-order chi connectivity index (χ1) is 11.4. The molecule has 3 N–H and O–H groups in total. The number of benzene rings is 1. The molecule has 6 nitrogen and oxygen atoms in total. The molecule has 24 heavy (non-hydrogen) atoms. The smallest absolute Gasteiger partial charge is 0.253 e. The van der Waals surface area contributed by atoms with Gasteiger partial charge in [-0.2, -0.15) is 0 Å². The molecular formula is C18H22N4O2. The number of aromatic amines is 1. The molecule has 0 saturated carbocycles. The normalized spacial score (nSPS) is 17.5. The Kier molecular flexibility index (Phi) is 4.38. The number of carbonyl (C=O) groups is 1. The van der Waals surface area contributed by atoms with Gasteiger partial charge < -0.3 is 10.6 Å². The Bertz CT molecular complexity index is 795. The Labute approximate surface area is 140 Å². The molecule has 0 aliphatic carbocycles. The van der Waals surface area contributed by atoms with E-state index in [0.29, 0.717) is 30.3 Å². The first-order valence-electron chi connectivity index (χ1n) is 8.20. The Morgan fingerprint density at radius 2 is 2.04 bits per heavy atom. The van der Waals surface area contributed by atoms with Gasteiger partial charge in [0.05, 0.1) is 5.69 Å². The van der Waals surface area contributed by atoms with E-state index in [2.05, 4.69) is 23.8 Å². The van der Waals surface area contributed by atoms with Crippen molar-refractivity contribution < 1.29 is 4.79 Å². The summed E-state index contributed by atoms with van der Waals surface area (Å²) in [5.74, 6) is 0.628. The zero-order chi connectivity index (χ0) is 17.3. The molecule has 3 rings (SSSR count). The van der Waals surface area contributed by atoms with Gasteiger partial charge in [0.25, 0.3) is 11.5 Å². The van der Waals surface area contributed by atoms with E-state index >= 15 is 0 Å². The summed E-state index contributed by atoms with van der Waals surface area (Å²) in [5, 5.41) is 0. The minimum absolute atomic E-state index is 0.0191. The molecule has 1 aliphatic rings. The van der Waals surface area contributed by atoms with Gasteiger partial charge in [-0.1, -0.05) is 26.0 Å². The third-order valence-electron chi connectivity index (χ3n) is 4.50. The summed E-state index contributed by atoms with van der Waals surface area (Å²) in [7, 11) is 0. The number of anilines is 1. The van der Waals surface area contributed by atoms with Gasteiger partial charge in [0.15, 0.2) is 0 Å². The SMILES string of the molecule is CC(C)c1ccc(C(=O)N2CC[C@@H](c3cc(=O)[nH]c(N)n3)C2)cc1. The van der Waals surface area contributed by atoms with Crippen LogP contribution in [0.2, 0.25) is 0 Å². The highest BCUT2D eigenvalue weighted by atomic mass is 16.2. The zero-order valence-electron chi connectivity index (χ0n) is 14.0. The lowest BCUT2D eigenvalue weighted by molar-refractivity contribution is 0.0790. The van der Waals surface area contributed by atoms with E-state index in [-0.39, 0.29) is 23.3 Å². The number of H-pyrrole nitrogens is 1. The maximum atomic E-state index is 12.7. The summed E-state index contributed by atoms with van der Waals surface area (Å²) in [6, 6.07) is 9.24. The van der Waals surface area contributed by atoms with Crippen LogP contribution in [0.1, 0.15) is 53.7 Å². The second-order valence-corrected chi connectivity index (χ2v) is 6.57. The summed E-state index contributed by atoms with van der Waals surface area (Å²) in [6.07, 6.45) is 0.783. The van der Waals surface area contributed by atoms with E-state index in [1.807, 2.05) is 29.2 Å². The molecule has 2 heterocycles. The quantitative estimate of drug-likeness (QED) is 0.903. The monoisotopic (exact) mass is 326 g/mol. The van der Waals surface area contributed by atoms with Crippen LogP contribution in [0.15, 0.2) is 35.1 Å². The fourth-order valence-corrected chi connectivity index (χ4v) is 3.08. The molecule has 1 saturated heterocycles. The van der Waals surface area contributed by atoms with Gasteiger partial charge in [-0.15, -0.1) is 0 Å². The van der Waals surface area contributed by atoms with Crippen molar-refractivity contribution in [1.29, 1.82) is 0 Å². The second kappa shape index (κ2) is 6.47. The minimum Gasteiger partial charge on any atom is -0.369 e. The average Bonchev–Trinajstić information content (AvgIpc) is 3.03. The summed E-state index contributed by atoms with van der Waals surface area (Å²) in [4.78, 5) is 32.6. The first-order valence-corrected chi connectivity index (χ1v) is 8.20. The number of rotatable bonds is 3. The molecule has 1 aliphatic heterocycles. The number of aromatic nitrogens is 2. The van der Waals surface area contributed by atoms with E-state index in [4.69, 9.17) is 5.73 Å². The molecule has 2 aromatic rings. The third-order valence-corrected chi connectivity index (χ3v) is 4.50. The third kappa shape index (κ3) is 3.32. The van der Waals surface area contributed by atoms with Gasteiger partial charge >= 0.3 is 0 Å². The maximum absolute atomic E-state index is 12.7. The largest absolute Gasteiger partial charge is 0.369 e. The molecule has 126 valence electrons. The van der Waals surface area contributed by atoms with Crippen molar-refractivity contribution in [3.05, 3.63) is 57.5 Å². The second-order valence-electron chi connectivity index (χ2n) is 6.57. The van der Waals surface area contributed by atoms with Crippen molar-refractivity contribution in [2.24, 2.45) is 0 Å². The Hall–Kier alpha value is -2.63. The summed E-state index contributed by atoms with van der Waals surface area (Å²) < 4.78 is 0. The van der Waals surface area contributed by atoms with E-state index in [1.54, 1.807) is 0 Å². The standard InChI is InChI=1S/C18H22N4O2/c1-11(2)12-3-5-13(6-4-12)17(24)22-8-7-14(10-22)15-9-16(23)21-18(19)20-15/h3-6,9,11,14H,7-8,10H2,1-2H3,(H3,19,20,21,23)/t14-/m1/s1. The van der Waals surface area contributed by atoms with E-state index in [9.17, 15) is 9.59 Å². The van der Waals surface area contributed by atoms with Crippen molar-refractivity contribution >= 4 is 11.9 Å². The lowest BCUT2D eigenvalue weighted by Gasteiger charge is -2.17. The van der Waals surface area contributed by atoms with Crippen molar-refractivity contribution in [3.8, 4) is 0 Å². The fraction of sp³-hybridized carbons (Fsp3) is 0.389. The Morgan fingerprint density at radius 3 is 2.67 bits per heavy atom. The molecule has 1 fully saturated rings. The van der Waals surface area contributed by atoms with Crippen LogP contribution < -0.4 is 11.3 Å². The number of nitrogen functional groups attached to an aromatic ring is 1. The van der Waals surface area contributed by atoms with Crippen LogP contribution in [0.4, 0.5) is 5.95 Å². The van der Waals surface area contributed by atoms with Gasteiger partial charge in [-0.05, 0) is 30.0 Å². The minimum atomic E-state index is -0.258. The number of carbonyl (C=O) groups excluding carboxylic acids is 1. The molecule has 0 unspecified atom stereocenters. The highest BCUT2D eigenvalue weighted by Gasteiger charge is 2.29. The Morgan fingerprint density at radius 1 is 1.33 bits per heavy atom. The number of hydrogen-bond acceptors (Lipinski definition) is 4. The van der Waals surface area contributed by atoms with Gasteiger partial charge in [0, 0.05) is 30.6 Å². The molecule has 1 aromatic heterocycles. The van der Waals surface area contributed by atoms with E-state index in [1.165, 1.54) is 11.6 Å². The average molecular weight is 326 g/mol. The van der Waals surface area contributed by atoms with E-state index < -0.39 is 0 Å². The highest BCUT2D eigenvalue weighted by molar-refractivity contribution is 5.94. The molecule has 0 radical (unpaired) electrons. The van der Waals surface area contributed by atoms with Crippen molar-refractivity contribution in [2.45, 2.75) is 32.1 Å². The molecule has 0 bridgehead atoms. The lowest BCUT2D eigenvalue weighted by Crippen LogP contribution is -2.28. The lowest BCUT2D eigenvalue weighted by atomic mass is 10.0. The van der Waals surface area contributed by atoms with Gasteiger partial charge in [0.2, 0.25) is 5.95 Å². The summed E-state index contributed by atoms with van der Waals surface area (Å²) in [6.45, 7) is 5.47. The predicted octanol–water partition coefficient (Wildman–Crippen LogP) is 2.11. The summed E-state index contributed by atoms with van der Waals surface area (Å²) >= 11 is 0. The molecule has 6 heteroatoms. The van der Waals surface area contributed by atoms with Gasteiger partial charge in [-0.25, -0.2) is 4.98 Å². The van der Waals surface area contributed by atoms with Crippen LogP contribution in [0.25, 0.3) is 0 Å². The van der Waals surface area contributed by atoms with Crippen LogP contribution in [0, 0.1) is 0 Å². The topological polar surface area (TPSA) is 92.1 Å². The van der Waals surface area contributed by atoms with Crippen LogP contribution in [0.3, 0.4) is 0 Å². The number of hydrogen-bond donors (Lipinski definition) is 2. The van der Waals surface area contributed by atoms with E-state index in [0.717, 1.165) is 6.42 Å². The fourth-order valence-electron chi connectivity index (χ4n) is 3.08.